The fourth-order valence-electron chi connectivity index (χ4n) is 5.66. The molecule has 2 aromatic rings. The molecule has 1 saturated heterocycles. The zero-order valence-electron chi connectivity index (χ0n) is 15.1. The van der Waals surface area contributed by atoms with Crippen molar-refractivity contribution in [3.63, 3.8) is 0 Å². The van der Waals surface area contributed by atoms with E-state index >= 15 is 0 Å². The lowest BCUT2D eigenvalue weighted by atomic mass is 9.55. The van der Waals surface area contributed by atoms with Gasteiger partial charge in [0.1, 0.15) is 6.17 Å². The number of carbonyl (C=O) groups is 1. The number of amides is 1. The number of fused-ring (bicyclic) bond motifs is 4. The molecule has 3 atom stereocenters. The molecule has 1 saturated carbocycles. The van der Waals surface area contributed by atoms with E-state index in [9.17, 15) is 4.79 Å². The van der Waals surface area contributed by atoms with Gasteiger partial charge >= 0.3 is 0 Å². The van der Waals surface area contributed by atoms with Crippen molar-refractivity contribution in [1.82, 2.24) is 10.6 Å². The van der Waals surface area contributed by atoms with Crippen molar-refractivity contribution >= 4 is 5.91 Å². The van der Waals surface area contributed by atoms with E-state index in [1.54, 1.807) is 0 Å². The Morgan fingerprint density at radius 2 is 1.62 bits per heavy atom. The number of hydrogen-bond acceptors (Lipinski definition) is 2. The molecule has 2 fully saturated rings. The van der Waals surface area contributed by atoms with Gasteiger partial charge in [-0.2, -0.15) is 0 Å². The summed E-state index contributed by atoms with van der Waals surface area (Å²) in [6, 6.07) is 19.1. The fraction of sp³-hybridized carbons (Fsp3) is 0.435. The second kappa shape index (κ2) is 6.24. The lowest BCUT2D eigenvalue weighted by molar-refractivity contribution is -0.138. The first-order chi connectivity index (χ1) is 12.8. The van der Waals surface area contributed by atoms with Crippen molar-refractivity contribution in [1.29, 1.82) is 0 Å². The molecule has 2 aromatic carbocycles. The van der Waals surface area contributed by atoms with Crippen molar-refractivity contribution in [3.05, 3.63) is 71.3 Å². The van der Waals surface area contributed by atoms with Gasteiger partial charge in [-0.05, 0) is 41.4 Å². The van der Waals surface area contributed by atoms with Crippen LogP contribution in [0.15, 0.2) is 54.6 Å². The number of benzene rings is 2. The van der Waals surface area contributed by atoms with Crippen LogP contribution in [0.1, 0.15) is 61.0 Å². The summed E-state index contributed by atoms with van der Waals surface area (Å²) in [7, 11) is 0. The first-order valence-electron chi connectivity index (χ1n) is 9.96. The van der Waals surface area contributed by atoms with E-state index < -0.39 is 0 Å². The van der Waals surface area contributed by atoms with Crippen molar-refractivity contribution in [2.45, 2.75) is 50.7 Å². The van der Waals surface area contributed by atoms with E-state index in [1.165, 1.54) is 43.2 Å². The highest BCUT2D eigenvalue weighted by Gasteiger charge is 2.53. The van der Waals surface area contributed by atoms with Crippen LogP contribution in [0.3, 0.4) is 0 Å². The summed E-state index contributed by atoms with van der Waals surface area (Å²) >= 11 is 0. The molecule has 5 rings (SSSR count). The molecular formula is C23H26N2O. The van der Waals surface area contributed by atoms with Crippen LogP contribution < -0.4 is 10.6 Å². The molecule has 134 valence electrons. The first-order valence-corrected chi connectivity index (χ1v) is 9.96. The standard InChI is InChI=1S/C23H26N2O/c26-22-19-20(24-21(25-22)16-9-3-1-4-10-16)18-12-6-5-11-17(18)15-23(19)13-7-2-8-14-23/h1,3-6,9-12,19-21,24H,2,7-8,13-15H2,(H,25,26). The van der Waals surface area contributed by atoms with Crippen LogP contribution >= 0.6 is 0 Å². The van der Waals surface area contributed by atoms with Gasteiger partial charge in [0.05, 0.1) is 5.92 Å². The average molecular weight is 346 g/mol. The number of hydrogen-bond donors (Lipinski definition) is 2. The molecule has 3 aliphatic rings. The first kappa shape index (κ1) is 16.1. The summed E-state index contributed by atoms with van der Waals surface area (Å²) in [5, 5.41) is 7.08. The van der Waals surface area contributed by atoms with Gasteiger partial charge in [-0.1, -0.05) is 73.9 Å². The normalized spacial score (nSPS) is 29.5. The van der Waals surface area contributed by atoms with Crippen LogP contribution in [0.5, 0.6) is 0 Å². The Bertz CT molecular complexity index is 810. The Hall–Kier alpha value is -2.13. The van der Waals surface area contributed by atoms with Gasteiger partial charge < -0.3 is 5.32 Å². The van der Waals surface area contributed by atoms with Gasteiger partial charge in [-0.15, -0.1) is 0 Å². The summed E-state index contributed by atoms with van der Waals surface area (Å²) in [5.74, 6) is 0.275. The zero-order valence-corrected chi connectivity index (χ0v) is 15.1. The van der Waals surface area contributed by atoms with Crippen molar-refractivity contribution in [3.8, 4) is 0 Å². The van der Waals surface area contributed by atoms with Crippen LogP contribution in [0.4, 0.5) is 0 Å². The molecule has 3 nitrogen and oxygen atoms in total. The maximum absolute atomic E-state index is 13.3. The van der Waals surface area contributed by atoms with Crippen molar-refractivity contribution < 1.29 is 4.79 Å². The highest BCUT2D eigenvalue weighted by Crippen LogP contribution is 2.55. The Kier molecular flexibility index (Phi) is 3.86. The van der Waals surface area contributed by atoms with Gasteiger partial charge in [0.25, 0.3) is 0 Å². The lowest BCUT2D eigenvalue weighted by Gasteiger charge is -2.53. The molecule has 1 spiro atoms. The van der Waals surface area contributed by atoms with E-state index in [4.69, 9.17) is 0 Å². The van der Waals surface area contributed by atoms with Crippen molar-refractivity contribution in [2.24, 2.45) is 11.3 Å². The highest BCUT2D eigenvalue weighted by molar-refractivity contribution is 5.82. The number of rotatable bonds is 1. The molecule has 1 amide bonds. The largest absolute Gasteiger partial charge is 0.336 e. The maximum Gasteiger partial charge on any atom is 0.227 e. The molecule has 3 unspecified atom stereocenters. The Morgan fingerprint density at radius 1 is 0.885 bits per heavy atom. The lowest BCUT2D eigenvalue weighted by Crippen LogP contribution is -2.60. The molecular weight excluding hydrogens is 320 g/mol. The van der Waals surface area contributed by atoms with E-state index in [1.807, 2.05) is 18.2 Å². The van der Waals surface area contributed by atoms with Crippen LogP contribution in [0.2, 0.25) is 0 Å². The molecule has 1 aliphatic heterocycles. The third-order valence-corrected chi connectivity index (χ3v) is 6.82. The average Bonchev–Trinajstić information content (AvgIpc) is 2.69. The molecule has 0 aromatic heterocycles. The van der Waals surface area contributed by atoms with E-state index in [0.29, 0.717) is 0 Å². The quantitative estimate of drug-likeness (QED) is 0.810. The summed E-state index contributed by atoms with van der Waals surface area (Å²) in [6.45, 7) is 0. The Labute approximate surface area is 155 Å². The van der Waals surface area contributed by atoms with Crippen LogP contribution in [-0.2, 0) is 11.2 Å². The monoisotopic (exact) mass is 346 g/mol. The Balaban J connectivity index is 1.58. The summed E-state index contributed by atoms with van der Waals surface area (Å²) in [4.78, 5) is 13.3. The van der Waals surface area contributed by atoms with Gasteiger partial charge in [0.2, 0.25) is 5.91 Å². The number of nitrogens with one attached hydrogen (secondary N) is 2. The SMILES string of the molecule is O=C1NC(c2ccccc2)NC2c3ccccc3CC3(CCCCC3)C12. The third kappa shape index (κ3) is 2.49. The smallest absolute Gasteiger partial charge is 0.227 e. The van der Waals surface area contributed by atoms with Gasteiger partial charge in [0.15, 0.2) is 0 Å². The summed E-state index contributed by atoms with van der Waals surface area (Å²) < 4.78 is 0. The van der Waals surface area contributed by atoms with Crippen LogP contribution in [-0.4, -0.2) is 5.91 Å². The van der Waals surface area contributed by atoms with Crippen LogP contribution in [0, 0.1) is 11.3 Å². The van der Waals surface area contributed by atoms with Gasteiger partial charge in [-0.3, -0.25) is 10.1 Å². The van der Waals surface area contributed by atoms with Gasteiger partial charge in [0, 0.05) is 6.04 Å². The minimum atomic E-state index is -0.114. The minimum Gasteiger partial charge on any atom is -0.336 e. The minimum absolute atomic E-state index is 0.0395. The predicted octanol–water partition coefficient (Wildman–Crippen LogP) is 4.27. The van der Waals surface area contributed by atoms with Gasteiger partial charge in [-0.25, -0.2) is 0 Å². The predicted molar refractivity (Wildman–Crippen MR) is 102 cm³/mol. The summed E-state index contributed by atoms with van der Waals surface area (Å²) in [5.41, 5.74) is 4.00. The maximum atomic E-state index is 13.3. The number of carbonyl (C=O) groups excluding carboxylic acids is 1. The third-order valence-electron chi connectivity index (χ3n) is 6.82. The molecule has 2 N–H and O–H groups in total. The second-order valence-corrected chi connectivity index (χ2v) is 8.27. The Morgan fingerprint density at radius 3 is 2.42 bits per heavy atom. The zero-order chi connectivity index (χ0) is 17.6. The van der Waals surface area contributed by atoms with E-state index in [0.717, 1.165) is 12.0 Å². The molecule has 2 aliphatic carbocycles. The molecule has 3 heteroatoms. The molecule has 0 bridgehead atoms. The van der Waals surface area contributed by atoms with Crippen LogP contribution in [0.25, 0.3) is 0 Å². The summed E-state index contributed by atoms with van der Waals surface area (Å²) in [6.07, 6.45) is 7.09. The van der Waals surface area contributed by atoms with E-state index in [-0.39, 0.29) is 29.4 Å². The van der Waals surface area contributed by atoms with Crippen molar-refractivity contribution in [2.75, 3.05) is 0 Å². The fourth-order valence-corrected chi connectivity index (χ4v) is 5.66. The molecule has 1 heterocycles. The highest BCUT2D eigenvalue weighted by atomic mass is 16.2. The second-order valence-electron chi connectivity index (χ2n) is 8.27. The van der Waals surface area contributed by atoms with E-state index in [2.05, 4.69) is 47.0 Å². The topological polar surface area (TPSA) is 41.1 Å². The molecule has 0 radical (unpaired) electrons. The molecule has 26 heavy (non-hydrogen) atoms.